The van der Waals surface area contributed by atoms with Crippen LogP contribution < -0.4 is 0 Å². The molecule has 3 heteroatoms. The van der Waals surface area contributed by atoms with Crippen molar-refractivity contribution in [2.75, 3.05) is 41.3 Å². The Hall–Kier alpha value is -1.45. The van der Waals surface area contributed by atoms with Crippen molar-refractivity contribution in [2.45, 2.75) is 0 Å². The summed E-state index contributed by atoms with van der Waals surface area (Å²) in [5, 5.41) is 0. The number of ketones is 1. The summed E-state index contributed by atoms with van der Waals surface area (Å²) in [4.78, 5) is 16.4. The van der Waals surface area contributed by atoms with Gasteiger partial charge in [0.15, 0.2) is 5.78 Å². The largest absolute Gasteiger partial charge is 0.309 e. The van der Waals surface area contributed by atoms with E-state index in [0.717, 1.165) is 18.7 Å². The number of benzene rings is 1. The minimum atomic E-state index is 0.0185. The van der Waals surface area contributed by atoms with Gasteiger partial charge in [-0.15, -0.1) is 0 Å². The fraction of sp³-hybridized carbons (Fsp3) is 0.438. The van der Waals surface area contributed by atoms with Crippen LogP contribution in [-0.4, -0.2) is 56.9 Å². The average Bonchev–Trinajstić information content (AvgIpc) is 2.35. The molecule has 0 saturated heterocycles. The van der Waals surface area contributed by atoms with Crippen molar-refractivity contribution in [1.29, 1.82) is 0 Å². The topological polar surface area (TPSA) is 23.6 Å². The van der Waals surface area contributed by atoms with E-state index in [4.69, 9.17) is 0 Å². The third-order valence-corrected chi connectivity index (χ3v) is 2.81. The molecule has 0 fully saturated rings. The van der Waals surface area contributed by atoms with Gasteiger partial charge in [0.05, 0.1) is 0 Å². The van der Waals surface area contributed by atoms with Crippen LogP contribution in [0.15, 0.2) is 36.4 Å². The van der Waals surface area contributed by atoms with Crippen LogP contribution >= 0.6 is 0 Å². The van der Waals surface area contributed by atoms with E-state index in [2.05, 4.69) is 9.80 Å². The van der Waals surface area contributed by atoms with Gasteiger partial charge in [-0.05, 0) is 39.8 Å². The minimum absolute atomic E-state index is 0.0185. The molecule has 0 aliphatic heterocycles. The summed E-state index contributed by atoms with van der Waals surface area (Å²) in [6, 6.07) is 9.91. The highest BCUT2D eigenvalue weighted by atomic mass is 16.1. The van der Waals surface area contributed by atoms with Crippen LogP contribution in [0.3, 0.4) is 0 Å². The monoisotopic (exact) mass is 260 g/mol. The van der Waals surface area contributed by atoms with Crippen molar-refractivity contribution in [2.24, 2.45) is 5.92 Å². The molecule has 0 bridgehead atoms. The number of hydrogen-bond acceptors (Lipinski definition) is 3. The minimum Gasteiger partial charge on any atom is -0.309 e. The molecule has 19 heavy (non-hydrogen) atoms. The number of nitrogens with zero attached hydrogens (tertiary/aromatic N) is 2. The lowest BCUT2D eigenvalue weighted by atomic mass is 10.0. The molecule has 3 nitrogen and oxygen atoms in total. The summed E-state index contributed by atoms with van der Waals surface area (Å²) in [6.45, 7) is 1.55. The van der Waals surface area contributed by atoms with Crippen LogP contribution in [0.5, 0.6) is 0 Å². The fourth-order valence-corrected chi connectivity index (χ4v) is 2.00. The van der Waals surface area contributed by atoms with E-state index in [9.17, 15) is 4.79 Å². The van der Waals surface area contributed by atoms with Gasteiger partial charge in [0.1, 0.15) is 0 Å². The molecule has 0 saturated carbocycles. The lowest BCUT2D eigenvalue weighted by Crippen LogP contribution is -2.34. The summed E-state index contributed by atoms with van der Waals surface area (Å²) in [7, 11) is 7.99. The third kappa shape index (κ3) is 6.32. The van der Waals surface area contributed by atoms with Crippen molar-refractivity contribution in [3.05, 3.63) is 42.0 Å². The first-order valence-electron chi connectivity index (χ1n) is 6.55. The third-order valence-electron chi connectivity index (χ3n) is 2.81. The summed E-state index contributed by atoms with van der Waals surface area (Å²) in [6.07, 6.45) is 3.59. The van der Waals surface area contributed by atoms with E-state index in [0.29, 0.717) is 0 Å². The van der Waals surface area contributed by atoms with Crippen LogP contribution in [0.2, 0.25) is 0 Å². The zero-order valence-corrected chi connectivity index (χ0v) is 12.3. The van der Waals surface area contributed by atoms with Gasteiger partial charge in [-0.2, -0.15) is 0 Å². The van der Waals surface area contributed by atoms with Crippen molar-refractivity contribution >= 4 is 11.9 Å². The van der Waals surface area contributed by atoms with Gasteiger partial charge in [0, 0.05) is 19.0 Å². The Balaban J connectivity index is 2.68. The maximum atomic E-state index is 12.2. The first-order chi connectivity index (χ1) is 8.99. The predicted octanol–water partition coefficient (Wildman–Crippen LogP) is 2.01. The second kappa shape index (κ2) is 7.87. The van der Waals surface area contributed by atoms with Gasteiger partial charge in [-0.25, -0.2) is 0 Å². The van der Waals surface area contributed by atoms with Crippen LogP contribution in [0, 0.1) is 5.92 Å². The van der Waals surface area contributed by atoms with E-state index in [1.165, 1.54) is 0 Å². The number of hydrogen-bond donors (Lipinski definition) is 0. The summed E-state index contributed by atoms with van der Waals surface area (Å²) < 4.78 is 0. The fourth-order valence-electron chi connectivity index (χ4n) is 2.00. The Labute approximate surface area is 116 Å². The standard InChI is InChI=1S/C16H24N2O/c1-17(2)12-15(13-18(3)4)16(19)11-10-14-8-6-5-7-9-14/h5-11,15H,12-13H2,1-4H3. The van der Waals surface area contributed by atoms with Crippen LogP contribution in [0.1, 0.15) is 5.56 Å². The zero-order chi connectivity index (χ0) is 14.3. The molecule has 1 rings (SSSR count). The maximum Gasteiger partial charge on any atom is 0.161 e. The lowest BCUT2D eigenvalue weighted by Gasteiger charge is -2.22. The van der Waals surface area contributed by atoms with E-state index >= 15 is 0 Å². The SMILES string of the molecule is CN(C)CC(CN(C)C)C(=O)C=Cc1ccccc1. The Morgan fingerprint density at radius 3 is 2.05 bits per heavy atom. The number of allylic oxidation sites excluding steroid dienone is 1. The van der Waals surface area contributed by atoms with Gasteiger partial charge in [-0.3, -0.25) is 4.79 Å². The van der Waals surface area contributed by atoms with Gasteiger partial charge >= 0.3 is 0 Å². The maximum absolute atomic E-state index is 12.2. The smallest absolute Gasteiger partial charge is 0.161 e. The molecule has 1 aromatic rings. The molecule has 0 heterocycles. The first kappa shape index (κ1) is 15.6. The highest BCUT2D eigenvalue weighted by Crippen LogP contribution is 2.07. The van der Waals surface area contributed by atoms with Crippen molar-refractivity contribution < 1.29 is 4.79 Å². The zero-order valence-electron chi connectivity index (χ0n) is 12.3. The molecule has 0 N–H and O–H groups in total. The second-order valence-electron chi connectivity index (χ2n) is 5.37. The molecule has 0 aromatic heterocycles. The molecule has 104 valence electrons. The summed E-state index contributed by atoms with van der Waals surface area (Å²) in [5.74, 6) is 0.205. The average molecular weight is 260 g/mol. The molecular weight excluding hydrogens is 236 g/mol. The second-order valence-corrected chi connectivity index (χ2v) is 5.37. The molecular formula is C16H24N2O. The highest BCUT2D eigenvalue weighted by Gasteiger charge is 2.17. The Morgan fingerprint density at radius 2 is 1.58 bits per heavy atom. The van der Waals surface area contributed by atoms with Gasteiger partial charge < -0.3 is 9.80 Å². The van der Waals surface area contributed by atoms with Crippen LogP contribution in [-0.2, 0) is 4.79 Å². The molecule has 0 aliphatic rings. The molecule has 0 unspecified atom stereocenters. The van der Waals surface area contributed by atoms with Crippen molar-refractivity contribution in [1.82, 2.24) is 9.80 Å². The lowest BCUT2D eigenvalue weighted by molar-refractivity contribution is -0.119. The first-order valence-corrected chi connectivity index (χ1v) is 6.55. The molecule has 0 spiro atoms. The van der Waals surface area contributed by atoms with Gasteiger partial charge in [-0.1, -0.05) is 36.4 Å². The molecule has 0 amide bonds. The van der Waals surface area contributed by atoms with E-state index in [1.54, 1.807) is 6.08 Å². The highest BCUT2D eigenvalue weighted by molar-refractivity contribution is 5.95. The van der Waals surface area contributed by atoms with Gasteiger partial charge in [0.2, 0.25) is 0 Å². The molecule has 0 atom stereocenters. The summed E-state index contributed by atoms with van der Waals surface area (Å²) >= 11 is 0. The Kier molecular flexibility index (Phi) is 6.46. The predicted molar refractivity (Wildman–Crippen MR) is 81.1 cm³/mol. The number of carbonyl (C=O) groups excluding carboxylic acids is 1. The van der Waals surface area contributed by atoms with Crippen LogP contribution in [0.4, 0.5) is 0 Å². The van der Waals surface area contributed by atoms with Crippen LogP contribution in [0.25, 0.3) is 6.08 Å². The van der Waals surface area contributed by atoms with Crippen molar-refractivity contribution in [3.63, 3.8) is 0 Å². The van der Waals surface area contributed by atoms with Crippen molar-refractivity contribution in [3.8, 4) is 0 Å². The molecule has 0 radical (unpaired) electrons. The van der Waals surface area contributed by atoms with Gasteiger partial charge in [0.25, 0.3) is 0 Å². The molecule has 1 aromatic carbocycles. The molecule has 0 aliphatic carbocycles. The van der Waals surface area contributed by atoms with E-state index in [1.807, 2.05) is 64.6 Å². The Bertz CT molecular complexity index is 400. The normalized spacial score (nSPS) is 11.9. The number of rotatable bonds is 7. The van der Waals surface area contributed by atoms with E-state index < -0.39 is 0 Å². The quantitative estimate of drug-likeness (QED) is 0.701. The summed E-state index contributed by atoms with van der Waals surface area (Å²) in [5.41, 5.74) is 1.06. The van der Waals surface area contributed by atoms with E-state index in [-0.39, 0.29) is 11.7 Å². The Morgan fingerprint density at radius 1 is 1.05 bits per heavy atom. The number of carbonyl (C=O) groups is 1.